The van der Waals surface area contributed by atoms with Crippen LogP contribution in [0, 0.1) is 0 Å². The van der Waals surface area contributed by atoms with Crippen LogP contribution >= 0.6 is 7.82 Å². The SMILES string of the molecule is O=P([O-])(O)O.OCc1ccccc1.[K+]. The normalized spacial score (nSPS) is 9.43. The zero-order chi connectivity index (χ0) is 10.3. The van der Waals surface area contributed by atoms with Gasteiger partial charge in [0, 0.05) is 0 Å². The van der Waals surface area contributed by atoms with Crippen LogP contribution < -0.4 is 56.3 Å². The molecule has 0 amide bonds. The maximum absolute atomic E-state index is 8.77. The Morgan fingerprint density at radius 1 is 1.21 bits per heavy atom. The van der Waals surface area contributed by atoms with E-state index in [9.17, 15) is 0 Å². The van der Waals surface area contributed by atoms with Gasteiger partial charge >= 0.3 is 51.4 Å². The monoisotopic (exact) mass is 244 g/mol. The standard InChI is InChI=1S/C7H8O.K.H3O4P/c8-6-7-4-2-1-3-5-7;;1-5(2,3)4/h1-5,8H,6H2;;(H3,1,2,3,4)/q;+1;/p-1. The van der Waals surface area contributed by atoms with Crippen LogP contribution in [-0.4, -0.2) is 14.9 Å². The molecule has 0 aliphatic rings. The Kier molecular flexibility index (Phi) is 11.4. The predicted molar refractivity (Wildman–Crippen MR) is 44.4 cm³/mol. The van der Waals surface area contributed by atoms with Crippen molar-refractivity contribution >= 4 is 7.82 Å². The van der Waals surface area contributed by atoms with Crippen molar-refractivity contribution in [2.75, 3.05) is 0 Å². The Labute approximate surface area is 124 Å². The van der Waals surface area contributed by atoms with Gasteiger partial charge in [0.05, 0.1) is 6.61 Å². The van der Waals surface area contributed by atoms with E-state index in [0.29, 0.717) is 0 Å². The molecule has 74 valence electrons. The predicted octanol–water partition coefficient (Wildman–Crippen LogP) is -3.38. The van der Waals surface area contributed by atoms with Gasteiger partial charge in [-0.05, 0) is 5.56 Å². The zero-order valence-corrected chi connectivity index (χ0v) is 11.7. The minimum atomic E-state index is -4.89. The molecule has 0 spiro atoms. The Bertz CT molecular complexity index is 264. The first kappa shape index (κ1) is 17.3. The van der Waals surface area contributed by atoms with Crippen LogP contribution in [0.4, 0.5) is 0 Å². The molecule has 1 aromatic carbocycles. The van der Waals surface area contributed by atoms with Gasteiger partial charge in [-0.3, -0.25) is 4.57 Å². The Balaban J connectivity index is 0. The zero-order valence-electron chi connectivity index (χ0n) is 7.70. The fourth-order valence-corrected chi connectivity index (χ4v) is 0.583. The van der Waals surface area contributed by atoms with Gasteiger partial charge in [0.15, 0.2) is 0 Å². The van der Waals surface area contributed by atoms with Crippen molar-refractivity contribution in [2.24, 2.45) is 0 Å². The van der Waals surface area contributed by atoms with Crippen LogP contribution in [0.2, 0.25) is 0 Å². The van der Waals surface area contributed by atoms with Gasteiger partial charge < -0.3 is 19.8 Å². The van der Waals surface area contributed by atoms with Crippen LogP contribution in [0.3, 0.4) is 0 Å². The largest absolute Gasteiger partial charge is 1.00 e. The Hall–Kier alpha value is 0.926. The summed E-state index contributed by atoms with van der Waals surface area (Å²) in [5, 5.41) is 8.54. The number of aliphatic hydroxyl groups excluding tert-OH is 1. The third-order valence-electron chi connectivity index (χ3n) is 1.03. The number of benzene rings is 1. The molecule has 0 heterocycles. The first-order chi connectivity index (χ1) is 5.93. The third-order valence-corrected chi connectivity index (χ3v) is 1.03. The first-order valence-electron chi connectivity index (χ1n) is 3.35. The average molecular weight is 244 g/mol. The van der Waals surface area contributed by atoms with Crippen molar-refractivity contribution in [3.05, 3.63) is 35.9 Å². The number of hydrogen-bond donors (Lipinski definition) is 3. The molecule has 3 N–H and O–H groups in total. The van der Waals surface area contributed by atoms with E-state index in [4.69, 9.17) is 24.4 Å². The topological polar surface area (TPSA) is 101 Å². The van der Waals surface area contributed by atoms with E-state index in [0.717, 1.165) is 5.56 Å². The summed E-state index contributed by atoms with van der Waals surface area (Å²) in [6.07, 6.45) is 0. The van der Waals surface area contributed by atoms with Gasteiger partial charge in [-0.2, -0.15) is 0 Å². The van der Waals surface area contributed by atoms with E-state index < -0.39 is 7.82 Å². The average Bonchev–Trinajstić information content (AvgIpc) is 2.03. The molecule has 0 fully saturated rings. The molecule has 0 saturated carbocycles. The molecule has 14 heavy (non-hydrogen) atoms. The maximum atomic E-state index is 8.77. The summed E-state index contributed by atoms with van der Waals surface area (Å²) >= 11 is 0. The van der Waals surface area contributed by atoms with E-state index in [-0.39, 0.29) is 58.0 Å². The molecular formula is C7H10KO5P. The first-order valence-corrected chi connectivity index (χ1v) is 4.88. The molecule has 0 aromatic heterocycles. The summed E-state index contributed by atoms with van der Waals surface area (Å²) in [4.78, 5) is 22.9. The second kappa shape index (κ2) is 9.17. The second-order valence-electron chi connectivity index (χ2n) is 2.13. The summed E-state index contributed by atoms with van der Waals surface area (Å²) in [6, 6.07) is 9.52. The molecule has 0 saturated heterocycles. The molecule has 0 atom stereocenters. The smallest absolute Gasteiger partial charge is 0.756 e. The van der Waals surface area contributed by atoms with Crippen LogP contribution in [0.25, 0.3) is 0 Å². The summed E-state index contributed by atoms with van der Waals surface area (Å²) in [7, 11) is -4.89. The van der Waals surface area contributed by atoms with Gasteiger partial charge in [0.25, 0.3) is 7.82 Å². The number of aliphatic hydroxyl groups is 1. The molecule has 5 nitrogen and oxygen atoms in total. The van der Waals surface area contributed by atoms with E-state index in [1.54, 1.807) is 0 Å². The fourth-order valence-electron chi connectivity index (χ4n) is 0.583. The maximum Gasteiger partial charge on any atom is 1.00 e. The molecule has 1 rings (SSSR count). The molecule has 0 radical (unpaired) electrons. The van der Waals surface area contributed by atoms with Crippen molar-refractivity contribution in [2.45, 2.75) is 6.61 Å². The summed E-state index contributed by atoms with van der Waals surface area (Å²) < 4.78 is 8.77. The van der Waals surface area contributed by atoms with Crippen molar-refractivity contribution in [3.8, 4) is 0 Å². The number of hydrogen-bond acceptors (Lipinski definition) is 3. The van der Waals surface area contributed by atoms with Gasteiger partial charge in [-0.1, -0.05) is 30.3 Å². The van der Waals surface area contributed by atoms with Crippen LogP contribution in [0.15, 0.2) is 30.3 Å². The summed E-state index contributed by atoms with van der Waals surface area (Å²) in [5.74, 6) is 0. The minimum Gasteiger partial charge on any atom is -0.756 e. The van der Waals surface area contributed by atoms with E-state index in [1.165, 1.54) is 0 Å². The van der Waals surface area contributed by atoms with E-state index >= 15 is 0 Å². The van der Waals surface area contributed by atoms with Gasteiger partial charge in [-0.15, -0.1) is 0 Å². The van der Waals surface area contributed by atoms with Gasteiger partial charge in [-0.25, -0.2) is 0 Å². The Morgan fingerprint density at radius 3 is 1.79 bits per heavy atom. The quantitative estimate of drug-likeness (QED) is 0.353. The molecule has 0 bridgehead atoms. The molecule has 0 aliphatic heterocycles. The third kappa shape index (κ3) is 15.4. The van der Waals surface area contributed by atoms with Gasteiger partial charge in [0.1, 0.15) is 0 Å². The van der Waals surface area contributed by atoms with Crippen molar-refractivity contribution in [3.63, 3.8) is 0 Å². The molecular weight excluding hydrogens is 234 g/mol. The summed E-state index contributed by atoms with van der Waals surface area (Å²) in [5.41, 5.74) is 0.965. The number of rotatable bonds is 1. The summed E-state index contributed by atoms with van der Waals surface area (Å²) in [6.45, 7) is 0.140. The second-order valence-corrected chi connectivity index (χ2v) is 3.12. The van der Waals surface area contributed by atoms with E-state index in [2.05, 4.69) is 0 Å². The van der Waals surface area contributed by atoms with Gasteiger partial charge in [0.2, 0.25) is 0 Å². The van der Waals surface area contributed by atoms with E-state index in [1.807, 2.05) is 30.3 Å². The molecule has 0 aliphatic carbocycles. The number of phosphoric acid groups is 1. The van der Waals surface area contributed by atoms with Crippen LogP contribution in [0.5, 0.6) is 0 Å². The Morgan fingerprint density at radius 2 is 1.57 bits per heavy atom. The van der Waals surface area contributed by atoms with Crippen LogP contribution in [0.1, 0.15) is 5.56 Å². The molecule has 0 unspecified atom stereocenters. The van der Waals surface area contributed by atoms with Crippen molar-refractivity contribution in [1.29, 1.82) is 0 Å². The molecule has 7 heteroatoms. The van der Waals surface area contributed by atoms with Crippen molar-refractivity contribution in [1.82, 2.24) is 0 Å². The van der Waals surface area contributed by atoms with Crippen LogP contribution in [-0.2, 0) is 11.2 Å². The molecule has 1 aromatic rings. The fraction of sp³-hybridized carbons (Fsp3) is 0.143. The van der Waals surface area contributed by atoms with Crippen molar-refractivity contribution < 1.29 is 75.7 Å². The minimum absolute atomic E-state index is 0.